The van der Waals surface area contributed by atoms with Crippen molar-refractivity contribution in [2.75, 3.05) is 17.2 Å². The second-order valence-corrected chi connectivity index (χ2v) is 6.70. The van der Waals surface area contributed by atoms with Crippen LogP contribution in [0.25, 0.3) is 0 Å². The number of amides is 1. The van der Waals surface area contributed by atoms with Gasteiger partial charge in [0.1, 0.15) is 11.6 Å². The Balaban J connectivity index is 2.09. The summed E-state index contributed by atoms with van der Waals surface area (Å²) in [5, 5.41) is 0.0559. The molecule has 1 aromatic rings. The van der Waals surface area contributed by atoms with Crippen LogP contribution in [-0.2, 0) is 9.59 Å². The molecule has 0 saturated carbocycles. The number of thioether (sulfide) groups is 1. The number of hydrogen-bond donors (Lipinski definition) is 0. The zero-order valence-corrected chi connectivity index (χ0v) is 13.2. The van der Waals surface area contributed by atoms with Gasteiger partial charge in [0.15, 0.2) is 5.12 Å². The van der Waals surface area contributed by atoms with Gasteiger partial charge < -0.3 is 0 Å². The first-order valence-corrected chi connectivity index (χ1v) is 7.78. The van der Waals surface area contributed by atoms with Gasteiger partial charge >= 0.3 is 0 Å². The van der Waals surface area contributed by atoms with E-state index in [1.54, 1.807) is 4.90 Å². The quantitative estimate of drug-likeness (QED) is 0.740. The van der Waals surface area contributed by atoms with Crippen LogP contribution < -0.4 is 4.90 Å². The molecule has 102 valence electrons. The summed E-state index contributed by atoms with van der Waals surface area (Å²) >= 11 is 3.20. The summed E-state index contributed by atoms with van der Waals surface area (Å²) in [6.07, 6.45) is 1.53. The molecule has 1 fully saturated rings. The predicted octanol–water partition coefficient (Wildman–Crippen LogP) is 2.46. The highest BCUT2D eigenvalue weighted by molar-refractivity contribution is 14.1. The van der Waals surface area contributed by atoms with Gasteiger partial charge in [-0.25, -0.2) is 9.37 Å². The van der Waals surface area contributed by atoms with E-state index in [1.165, 1.54) is 24.8 Å². The van der Waals surface area contributed by atoms with Gasteiger partial charge in [0.2, 0.25) is 5.91 Å². The minimum atomic E-state index is -0.413. The summed E-state index contributed by atoms with van der Waals surface area (Å²) in [5.41, 5.74) is 0. The summed E-state index contributed by atoms with van der Waals surface area (Å²) in [4.78, 5) is 28.5. The van der Waals surface area contributed by atoms with Crippen LogP contribution >= 0.6 is 34.4 Å². The Bertz CT molecular complexity index is 526. The minimum absolute atomic E-state index is 0.0221. The van der Waals surface area contributed by atoms with Crippen LogP contribution in [0.3, 0.4) is 0 Å². The van der Waals surface area contributed by atoms with Crippen LogP contribution in [0.5, 0.6) is 0 Å². The zero-order chi connectivity index (χ0) is 14.0. The first-order chi connectivity index (χ1) is 8.97. The molecule has 0 aromatic carbocycles. The molecule has 1 amide bonds. The molecule has 7 heteroatoms. The highest BCUT2D eigenvalue weighted by Crippen LogP contribution is 2.29. The maximum absolute atomic E-state index is 13.0. The Kier molecular flexibility index (Phi) is 4.77. The molecule has 19 heavy (non-hydrogen) atoms. The molecule has 1 aliphatic rings. The summed E-state index contributed by atoms with van der Waals surface area (Å²) in [7, 11) is 0. The van der Waals surface area contributed by atoms with E-state index in [1.807, 2.05) is 22.6 Å². The number of aromatic nitrogens is 1. The van der Waals surface area contributed by atoms with Gasteiger partial charge in [0.05, 0.1) is 9.77 Å². The molecule has 2 rings (SSSR count). The van der Waals surface area contributed by atoms with Crippen molar-refractivity contribution in [2.45, 2.75) is 13.3 Å². The molecule has 1 aliphatic heterocycles. The Morgan fingerprint density at radius 3 is 3.05 bits per heavy atom. The molecular weight excluding hydrogens is 382 g/mol. The van der Waals surface area contributed by atoms with E-state index in [9.17, 15) is 14.0 Å². The monoisotopic (exact) mass is 394 g/mol. The van der Waals surface area contributed by atoms with E-state index in [2.05, 4.69) is 4.98 Å². The van der Waals surface area contributed by atoms with E-state index in [4.69, 9.17) is 0 Å². The van der Waals surface area contributed by atoms with Crippen LogP contribution in [0.1, 0.15) is 13.3 Å². The first-order valence-electron chi connectivity index (χ1n) is 5.72. The molecule has 2 heterocycles. The minimum Gasteiger partial charge on any atom is -0.296 e. The van der Waals surface area contributed by atoms with E-state index in [-0.39, 0.29) is 16.9 Å². The second-order valence-electron chi connectivity index (χ2n) is 4.34. The molecule has 0 aliphatic carbocycles. The van der Waals surface area contributed by atoms with E-state index >= 15 is 0 Å². The summed E-state index contributed by atoms with van der Waals surface area (Å²) in [6.45, 7) is 2.05. The second kappa shape index (κ2) is 6.17. The van der Waals surface area contributed by atoms with Crippen LogP contribution in [0.4, 0.5) is 10.2 Å². The van der Waals surface area contributed by atoms with Crippen LogP contribution in [0.15, 0.2) is 12.3 Å². The fraction of sp³-hybridized carbons (Fsp3) is 0.417. The largest absolute Gasteiger partial charge is 0.296 e. The molecule has 1 atom stereocenters. The maximum Gasteiger partial charge on any atom is 0.228 e. The zero-order valence-electron chi connectivity index (χ0n) is 10.2. The Morgan fingerprint density at radius 1 is 1.68 bits per heavy atom. The Hall–Kier alpha value is -0.700. The molecule has 0 N–H and O–H groups in total. The SMILES string of the molecule is CC(=O)SCC1CC(=O)N(c2ncc(F)cc2I)C1. The van der Waals surface area contributed by atoms with Crippen molar-refractivity contribution >= 4 is 51.2 Å². The van der Waals surface area contributed by atoms with Crippen molar-refractivity contribution in [3.63, 3.8) is 0 Å². The number of nitrogens with zero attached hydrogens (tertiary/aromatic N) is 2. The smallest absolute Gasteiger partial charge is 0.228 e. The average molecular weight is 394 g/mol. The first kappa shape index (κ1) is 14.7. The van der Waals surface area contributed by atoms with Gasteiger partial charge in [0, 0.05) is 25.6 Å². The number of carbonyl (C=O) groups excluding carboxylic acids is 2. The van der Waals surface area contributed by atoms with Gasteiger partial charge in [-0.15, -0.1) is 0 Å². The van der Waals surface area contributed by atoms with E-state index in [0.29, 0.717) is 28.1 Å². The molecule has 4 nitrogen and oxygen atoms in total. The highest BCUT2D eigenvalue weighted by atomic mass is 127. The van der Waals surface area contributed by atoms with Gasteiger partial charge in [-0.1, -0.05) is 11.8 Å². The fourth-order valence-electron chi connectivity index (χ4n) is 1.94. The van der Waals surface area contributed by atoms with Gasteiger partial charge in [-0.05, 0) is 34.6 Å². The number of hydrogen-bond acceptors (Lipinski definition) is 4. The molecule has 1 unspecified atom stereocenters. The van der Waals surface area contributed by atoms with Gasteiger partial charge in [-0.3, -0.25) is 14.5 Å². The molecule has 1 aromatic heterocycles. The van der Waals surface area contributed by atoms with Crippen LogP contribution in [0.2, 0.25) is 0 Å². The molecule has 0 bridgehead atoms. The summed E-state index contributed by atoms with van der Waals surface area (Å²) < 4.78 is 13.6. The number of pyridine rings is 1. The number of anilines is 1. The summed E-state index contributed by atoms with van der Waals surface area (Å²) in [5.74, 6) is 0.844. The number of halogens is 2. The van der Waals surface area contributed by atoms with Crippen molar-refractivity contribution in [1.29, 1.82) is 0 Å². The third-order valence-electron chi connectivity index (χ3n) is 2.77. The van der Waals surface area contributed by atoms with E-state index in [0.717, 1.165) is 6.20 Å². The normalized spacial score (nSPS) is 19.0. The van der Waals surface area contributed by atoms with Crippen LogP contribution in [0, 0.1) is 15.3 Å². The highest BCUT2D eigenvalue weighted by Gasteiger charge is 2.32. The lowest BCUT2D eigenvalue weighted by Crippen LogP contribution is -2.26. The van der Waals surface area contributed by atoms with Crippen molar-refractivity contribution in [2.24, 2.45) is 5.92 Å². The van der Waals surface area contributed by atoms with Crippen molar-refractivity contribution < 1.29 is 14.0 Å². The van der Waals surface area contributed by atoms with Crippen LogP contribution in [-0.4, -0.2) is 28.3 Å². The molecule has 0 radical (unpaired) electrons. The Morgan fingerprint density at radius 2 is 2.42 bits per heavy atom. The fourth-order valence-corrected chi connectivity index (χ4v) is 3.36. The lowest BCUT2D eigenvalue weighted by Gasteiger charge is -2.16. The van der Waals surface area contributed by atoms with Crippen molar-refractivity contribution in [3.05, 3.63) is 21.7 Å². The predicted molar refractivity (Wildman–Crippen MR) is 80.5 cm³/mol. The molecule has 1 saturated heterocycles. The Labute approximate surface area is 128 Å². The third kappa shape index (κ3) is 3.65. The van der Waals surface area contributed by atoms with Crippen molar-refractivity contribution in [3.8, 4) is 0 Å². The maximum atomic E-state index is 13.0. The lowest BCUT2D eigenvalue weighted by atomic mass is 10.1. The molecule has 0 spiro atoms. The average Bonchev–Trinajstić information content (AvgIpc) is 2.68. The topological polar surface area (TPSA) is 50.3 Å². The van der Waals surface area contributed by atoms with Crippen molar-refractivity contribution in [1.82, 2.24) is 4.98 Å². The van der Waals surface area contributed by atoms with E-state index < -0.39 is 5.82 Å². The molecular formula is C12H12FIN2O2S. The third-order valence-corrected chi connectivity index (χ3v) is 4.61. The van der Waals surface area contributed by atoms with Gasteiger partial charge in [-0.2, -0.15) is 0 Å². The lowest BCUT2D eigenvalue weighted by molar-refractivity contribution is -0.117. The number of carbonyl (C=O) groups is 2. The standard InChI is InChI=1S/C12H12FIN2O2S/c1-7(17)19-6-8-2-11(18)16(5-8)12-10(14)3-9(13)4-15-12/h3-4,8H,2,5-6H2,1H3. The summed E-state index contributed by atoms with van der Waals surface area (Å²) in [6, 6.07) is 1.35. The number of rotatable bonds is 3. The van der Waals surface area contributed by atoms with Gasteiger partial charge in [0.25, 0.3) is 0 Å².